The standard InChI is InChI=1S/C17H29NO3Si2/c1-15(11-10-14-23(5,6)21-22(2,3)4)18-17(19)20-16-12-8-7-9-13-16/h7-9,12-13H,1,10-11,14H2,2-6H3,(H,18,19). The Morgan fingerprint density at radius 1 is 1.13 bits per heavy atom. The van der Waals surface area contributed by atoms with Gasteiger partial charge in [-0.1, -0.05) is 24.8 Å². The van der Waals surface area contributed by atoms with Crippen LogP contribution in [0.5, 0.6) is 5.75 Å². The first-order valence-electron chi connectivity index (χ1n) is 7.99. The predicted molar refractivity (Wildman–Crippen MR) is 101 cm³/mol. The van der Waals surface area contributed by atoms with Crippen LogP contribution < -0.4 is 10.1 Å². The Labute approximate surface area is 142 Å². The first kappa shape index (κ1) is 19.7. The number of ether oxygens (including phenoxy) is 1. The lowest BCUT2D eigenvalue weighted by Gasteiger charge is -2.31. The molecule has 0 atom stereocenters. The minimum atomic E-state index is -1.63. The van der Waals surface area contributed by atoms with E-state index in [-0.39, 0.29) is 0 Å². The molecule has 0 heterocycles. The third-order valence-electron chi connectivity index (χ3n) is 3.07. The molecule has 0 aliphatic heterocycles. The van der Waals surface area contributed by atoms with Gasteiger partial charge in [0, 0.05) is 5.70 Å². The Morgan fingerprint density at radius 2 is 1.74 bits per heavy atom. The van der Waals surface area contributed by atoms with Crippen LogP contribution in [0.15, 0.2) is 42.6 Å². The molecular weight excluding hydrogens is 322 g/mol. The van der Waals surface area contributed by atoms with E-state index in [4.69, 9.17) is 8.85 Å². The fraction of sp³-hybridized carbons (Fsp3) is 0.471. The zero-order chi connectivity index (χ0) is 17.5. The summed E-state index contributed by atoms with van der Waals surface area (Å²) < 4.78 is 11.5. The second-order valence-corrected chi connectivity index (χ2v) is 16.3. The highest BCUT2D eigenvalue weighted by atomic mass is 28.4. The predicted octanol–water partition coefficient (Wildman–Crippen LogP) is 5.13. The van der Waals surface area contributed by atoms with Gasteiger partial charge in [-0.3, -0.25) is 5.32 Å². The monoisotopic (exact) mass is 351 g/mol. The lowest BCUT2D eigenvalue weighted by molar-refractivity contribution is 0.203. The topological polar surface area (TPSA) is 47.6 Å². The largest absolute Gasteiger partial charge is 0.456 e. The minimum Gasteiger partial charge on any atom is -0.456 e. The van der Waals surface area contributed by atoms with E-state index in [0.717, 1.165) is 18.9 Å². The van der Waals surface area contributed by atoms with E-state index in [1.165, 1.54) is 0 Å². The number of amides is 1. The van der Waals surface area contributed by atoms with Gasteiger partial charge in [-0.15, -0.1) is 0 Å². The van der Waals surface area contributed by atoms with E-state index in [1.54, 1.807) is 12.1 Å². The van der Waals surface area contributed by atoms with Crippen LogP contribution >= 0.6 is 0 Å². The zero-order valence-corrected chi connectivity index (χ0v) is 16.9. The fourth-order valence-corrected chi connectivity index (χ4v) is 10.5. The molecule has 1 aromatic carbocycles. The number of benzene rings is 1. The quantitative estimate of drug-likeness (QED) is 0.661. The Kier molecular flexibility index (Phi) is 7.24. The van der Waals surface area contributed by atoms with Crippen molar-refractivity contribution in [1.29, 1.82) is 0 Å². The first-order valence-corrected chi connectivity index (χ1v) is 14.5. The number of para-hydroxylation sites is 1. The maximum atomic E-state index is 11.8. The Hall–Kier alpha value is -1.38. The number of hydrogen-bond donors (Lipinski definition) is 1. The smallest absolute Gasteiger partial charge is 0.416 e. The SMILES string of the molecule is C=C(CCC[Si](C)(C)O[Si](C)(C)C)NC(=O)Oc1ccccc1. The summed E-state index contributed by atoms with van der Waals surface area (Å²) in [5.74, 6) is 0.523. The van der Waals surface area contributed by atoms with Crippen molar-refractivity contribution >= 4 is 22.7 Å². The van der Waals surface area contributed by atoms with Crippen LogP contribution in [0.2, 0.25) is 38.8 Å². The average Bonchev–Trinajstić information content (AvgIpc) is 2.36. The Morgan fingerprint density at radius 3 is 2.30 bits per heavy atom. The molecule has 6 heteroatoms. The molecule has 4 nitrogen and oxygen atoms in total. The van der Waals surface area contributed by atoms with Gasteiger partial charge in [0.05, 0.1) is 0 Å². The first-order chi connectivity index (χ1) is 10.6. The second-order valence-electron chi connectivity index (χ2n) is 7.26. The van der Waals surface area contributed by atoms with Crippen molar-refractivity contribution < 1.29 is 13.6 Å². The summed E-state index contributed by atoms with van der Waals surface area (Å²) >= 11 is 0. The van der Waals surface area contributed by atoms with Crippen molar-refractivity contribution in [3.8, 4) is 5.75 Å². The molecule has 0 aliphatic carbocycles. The molecule has 1 amide bonds. The van der Waals surface area contributed by atoms with Gasteiger partial charge in [0.2, 0.25) is 0 Å². The number of allylic oxidation sites excluding steroid dienone is 1. The van der Waals surface area contributed by atoms with Gasteiger partial charge < -0.3 is 8.85 Å². The van der Waals surface area contributed by atoms with Crippen LogP contribution in [0, 0.1) is 0 Å². The summed E-state index contributed by atoms with van der Waals surface area (Å²) in [4.78, 5) is 11.8. The van der Waals surface area contributed by atoms with Crippen LogP contribution in [0.4, 0.5) is 4.79 Å². The van der Waals surface area contributed by atoms with Crippen LogP contribution in [0.3, 0.4) is 0 Å². The number of rotatable bonds is 8. The summed E-state index contributed by atoms with van der Waals surface area (Å²) in [5, 5.41) is 2.69. The highest BCUT2D eigenvalue weighted by Crippen LogP contribution is 2.21. The highest BCUT2D eigenvalue weighted by molar-refractivity contribution is 6.84. The Balaban J connectivity index is 2.30. The third-order valence-corrected chi connectivity index (χ3v) is 9.29. The van der Waals surface area contributed by atoms with Gasteiger partial charge in [-0.2, -0.15) is 0 Å². The van der Waals surface area contributed by atoms with Gasteiger partial charge in [0.25, 0.3) is 0 Å². The van der Waals surface area contributed by atoms with Gasteiger partial charge >= 0.3 is 6.09 Å². The fourth-order valence-electron chi connectivity index (χ4n) is 2.44. The lowest BCUT2D eigenvalue weighted by Crippen LogP contribution is -2.42. The number of hydrogen-bond acceptors (Lipinski definition) is 3. The van der Waals surface area contributed by atoms with E-state index in [0.29, 0.717) is 11.4 Å². The summed E-state index contributed by atoms with van der Waals surface area (Å²) in [7, 11) is -3.12. The van der Waals surface area contributed by atoms with Gasteiger partial charge in [0.1, 0.15) is 5.75 Å². The number of nitrogens with one attached hydrogen (secondary N) is 1. The number of carbonyl (C=O) groups excluding carboxylic acids is 1. The minimum absolute atomic E-state index is 0.490. The van der Waals surface area contributed by atoms with E-state index in [1.807, 2.05) is 18.2 Å². The van der Waals surface area contributed by atoms with Crippen LogP contribution in [-0.2, 0) is 4.12 Å². The Bertz CT molecular complexity index is 524. The van der Waals surface area contributed by atoms with Crippen molar-refractivity contribution in [3.05, 3.63) is 42.6 Å². The third kappa shape index (κ3) is 9.37. The summed E-state index contributed by atoms with van der Waals surface area (Å²) in [6.07, 6.45) is 1.22. The lowest BCUT2D eigenvalue weighted by atomic mass is 10.3. The van der Waals surface area contributed by atoms with Gasteiger partial charge in [0.15, 0.2) is 16.6 Å². The molecule has 1 aromatic rings. The molecule has 0 aliphatic rings. The molecule has 0 aromatic heterocycles. The van der Waals surface area contributed by atoms with Crippen LogP contribution in [-0.4, -0.2) is 22.7 Å². The summed E-state index contributed by atoms with van der Waals surface area (Å²) in [6.45, 7) is 15.1. The van der Waals surface area contributed by atoms with E-state index in [2.05, 4.69) is 44.6 Å². The molecule has 0 fully saturated rings. The number of carbonyl (C=O) groups is 1. The molecule has 128 valence electrons. The van der Waals surface area contributed by atoms with Gasteiger partial charge in [-0.05, 0) is 63.8 Å². The molecule has 23 heavy (non-hydrogen) atoms. The molecule has 0 saturated heterocycles. The van der Waals surface area contributed by atoms with E-state index >= 15 is 0 Å². The molecule has 0 saturated carbocycles. The van der Waals surface area contributed by atoms with Crippen molar-refractivity contribution in [3.63, 3.8) is 0 Å². The molecule has 1 rings (SSSR count). The maximum absolute atomic E-state index is 11.8. The van der Waals surface area contributed by atoms with Crippen molar-refractivity contribution in [2.45, 2.75) is 51.6 Å². The molecule has 0 unspecified atom stereocenters. The van der Waals surface area contributed by atoms with Crippen molar-refractivity contribution in [2.75, 3.05) is 0 Å². The van der Waals surface area contributed by atoms with E-state index in [9.17, 15) is 4.79 Å². The zero-order valence-electron chi connectivity index (χ0n) is 14.9. The summed E-state index contributed by atoms with van der Waals surface area (Å²) in [6, 6.07) is 10.1. The van der Waals surface area contributed by atoms with E-state index < -0.39 is 22.7 Å². The normalized spacial score (nSPS) is 11.9. The van der Waals surface area contributed by atoms with Crippen LogP contribution in [0.25, 0.3) is 0 Å². The molecule has 0 bridgehead atoms. The second kappa shape index (κ2) is 8.47. The molecular formula is C17H29NO3Si2. The molecule has 0 radical (unpaired) electrons. The van der Waals surface area contributed by atoms with Crippen molar-refractivity contribution in [1.82, 2.24) is 5.32 Å². The molecule has 0 spiro atoms. The summed E-state index contributed by atoms with van der Waals surface area (Å²) in [5.41, 5.74) is 0.684. The molecule has 1 N–H and O–H groups in total. The van der Waals surface area contributed by atoms with Crippen LogP contribution in [0.1, 0.15) is 12.8 Å². The average molecular weight is 352 g/mol. The highest BCUT2D eigenvalue weighted by Gasteiger charge is 2.28. The maximum Gasteiger partial charge on any atom is 0.416 e. The van der Waals surface area contributed by atoms with Crippen molar-refractivity contribution in [2.24, 2.45) is 0 Å². The van der Waals surface area contributed by atoms with Gasteiger partial charge in [-0.25, -0.2) is 4.79 Å².